The summed E-state index contributed by atoms with van der Waals surface area (Å²) in [6.45, 7) is 2.15. The first-order chi connectivity index (χ1) is 25.2. The third kappa shape index (κ3) is 10.9. The molecule has 12 nitrogen and oxygen atoms in total. The fourth-order valence-electron chi connectivity index (χ4n) is 6.39. The normalized spacial score (nSPS) is 14.1. The van der Waals surface area contributed by atoms with Crippen LogP contribution in [-0.4, -0.2) is 68.2 Å². The summed E-state index contributed by atoms with van der Waals surface area (Å²) >= 11 is 0. The molecule has 5 rings (SSSR count). The van der Waals surface area contributed by atoms with Crippen molar-refractivity contribution >= 4 is 29.1 Å². The molecule has 0 aliphatic carbocycles. The molecule has 52 heavy (non-hydrogen) atoms. The summed E-state index contributed by atoms with van der Waals surface area (Å²) in [5.74, 6) is -0.453. The van der Waals surface area contributed by atoms with Gasteiger partial charge in [0.1, 0.15) is 18.5 Å². The molecule has 5 aromatic rings. The number of alkyl carbamates (subject to hydrolysis) is 1. The molecule has 2 unspecified atom stereocenters. The lowest BCUT2D eigenvalue weighted by molar-refractivity contribution is -0.121. The smallest absolute Gasteiger partial charge is 0.407 e. The van der Waals surface area contributed by atoms with Gasteiger partial charge in [0.2, 0.25) is 5.91 Å². The highest BCUT2D eigenvalue weighted by Crippen LogP contribution is 2.31. The molecular weight excluding hydrogens is 658 g/mol. The van der Waals surface area contributed by atoms with Gasteiger partial charge in [-0.1, -0.05) is 85.8 Å². The zero-order valence-electron chi connectivity index (χ0n) is 29.5. The number of rotatable bonds is 17. The molecule has 2 aromatic heterocycles. The van der Waals surface area contributed by atoms with Crippen LogP contribution in [0.25, 0.3) is 11.0 Å². The Balaban J connectivity index is 1.23. The summed E-state index contributed by atoms with van der Waals surface area (Å²) in [6.07, 6.45) is 3.51. The number of hydrogen-bond acceptors (Lipinski definition) is 7. The highest BCUT2D eigenvalue weighted by Gasteiger charge is 2.30. The predicted octanol–water partition coefficient (Wildman–Crippen LogP) is 5.44. The van der Waals surface area contributed by atoms with Gasteiger partial charge in [0.05, 0.1) is 29.7 Å². The lowest BCUT2D eigenvalue weighted by Gasteiger charge is -2.30. The van der Waals surface area contributed by atoms with Gasteiger partial charge in [-0.05, 0) is 66.8 Å². The number of pyridine rings is 1. The van der Waals surface area contributed by atoms with Gasteiger partial charge in [-0.3, -0.25) is 9.78 Å². The molecule has 12 heteroatoms. The Morgan fingerprint density at radius 3 is 2.29 bits per heavy atom. The van der Waals surface area contributed by atoms with Crippen LogP contribution in [0.3, 0.4) is 0 Å². The van der Waals surface area contributed by atoms with Crippen LogP contribution < -0.4 is 16.4 Å². The van der Waals surface area contributed by atoms with Crippen molar-refractivity contribution in [3.8, 4) is 0 Å². The van der Waals surface area contributed by atoms with Gasteiger partial charge in [-0.2, -0.15) is 0 Å². The second-order valence-corrected chi connectivity index (χ2v) is 13.2. The van der Waals surface area contributed by atoms with Gasteiger partial charge < -0.3 is 36.1 Å². The van der Waals surface area contributed by atoms with Crippen LogP contribution >= 0.6 is 0 Å². The molecule has 3 aromatic carbocycles. The van der Waals surface area contributed by atoms with E-state index in [1.54, 1.807) is 25.5 Å². The number of ether oxygens (including phenoxy) is 1. The number of nitrogens with two attached hydrogens (primary N) is 1. The maximum Gasteiger partial charge on any atom is 0.407 e. The fraction of sp³-hybridized carbons (Fsp3) is 0.325. The summed E-state index contributed by atoms with van der Waals surface area (Å²) in [6, 6.07) is 28.7. The molecule has 0 saturated heterocycles. The van der Waals surface area contributed by atoms with E-state index in [9.17, 15) is 19.5 Å². The Hall–Kier alpha value is -5.75. The summed E-state index contributed by atoms with van der Waals surface area (Å²) in [7, 11) is 1.63. The molecule has 0 bridgehead atoms. The summed E-state index contributed by atoms with van der Waals surface area (Å²) in [5.41, 5.74) is 10.3. The van der Waals surface area contributed by atoms with E-state index in [2.05, 4.69) is 25.6 Å². The number of primary amides is 1. The van der Waals surface area contributed by atoms with Crippen molar-refractivity contribution in [2.75, 3.05) is 7.05 Å². The molecule has 0 spiro atoms. The van der Waals surface area contributed by atoms with E-state index in [0.29, 0.717) is 31.5 Å². The third-order valence-corrected chi connectivity index (χ3v) is 9.22. The average molecular weight is 706 g/mol. The van der Waals surface area contributed by atoms with Crippen molar-refractivity contribution in [1.29, 1.82) is 0 Å². The highest BCUT2D eigenvalue weighted by atomic mass is 16.5. The van der Waals surface area contributed by atoms with Crippen LogP contribution in [0, 0.1) is 5.92 Å². The second-order valence-electron chi connectivity index (χ2n) is 13.2. The van der Waals surface area contributed by atoms with Gasteiger partial charge in [0, 0.05) is 25.0 Å². The number of aliphatic hydroxyl groups excluding tert-OH is 1. The molecule has 0 fully saturated rings. The van der Waals surface area contributed by atoms with E-state index in [-0.39, 0.29) is 25.0 Å². The number of fused-ring (bicyclic) bond motifs is 1. The molecule has 5 atom stereocenters. The highest BCUT2D eigenvalue weighted by molar-refractivity contribution is 5.86. The van der Waals surface area contributed by atoms with E-state index in [0.717, 1.165) is 27.7 Å². The number of nitrogens with zero attached hydrogens (tertiary/aromatic N) is 3. The van der Waals surface area contributed by atoms with Crippen LogP contribution in [0.2, 0.25) is 0 Å². The van der Waals surface area contributed by atoms with Crippen molar-refractivity contribution < 1.29 is 24.2 Å². The van der Waals surface area contributed by atoms with Crippen LogP contribution in [-0.2, 0) is 29.1 Å². The van der Waals surface area contributed by atoms with E-state index in [1.807, 2.05) is 97.9 Å². The van der Waals surface area contributed by atoms with E-state index >= 15 is 0 Å². The number of aromatic amines is 1. The number of para-hydroxylation sites is 2. The number of carbonyl (C=O) groups excluding carboxylic acids is 3. The van der Waals surface area contributed by atoms with E-state index < -0.39 is 36.2 Å². The van der Waals surface area contributed by atoms with E-state index in [4.69, 9.17) is 10.5 Å². The van der Waals surface area contributed by atoms with Crippen molar-refractivity contribution in [2.45, 2.75) is 69.9 Å². The molecule has 0 aliphatic heterocycles. The van der Waals surface area contributed by atoms with Gasteiger partial charge in [-0.25, -0.2) is 14.6 Å². The Morgan fingerprint density at radius 1 is 0.904 bits per heavy atom. The summed E-state index contributed by atoms with van der Waals surface area (Å²) in [4.78, 5) is 52.2. The standard InChI is InChI=1S/C40H47N7O5/c1-27(37(38(41)49)46-39(50)47(2)25-36-43-32-17-9-10-18-33(32)44-36)22-31(30-15-7-4-8-16-30)19-20-35(48)34(23-28-12-5-3-6-13-28)45-40(51)52-26-29-14-11-21-42-24-29/h3-18,21,24,27,31,34-35,37,48H,19-20,22-23,25-26H2,1-2H3,(H2,41,49)(H,43,44)(H,45,51)(H,46,50)/t27-,31-,34?,35?,37-/m0/s1. The topological polar surface area (TPSA) is 176 Å². The lowest BCUT2D eigenvalue weighted by atomic mass is 9.82. The maximum atomic E-state index is 13.3. The van der Waals surface area contributed by atoms with Crippen molar-refractivity contribution in [1.82, 2.24) is 30.5 Å². The van der Waals surface area contributed by atoms with E-state index in [1.165, 1.54) is 4.90 Å². The third-order valence-electron chi connectivity index (χ3n) is 9.22. The van der Waals surface area contributed by atoms with Gasteiger partial charge in [0.25, 0.3) is 0 Å². The molecule has 272 valence electrons. The maximum absolute atomic E-state index is 13.3. The quantitative estimate of drug-likeness (QED) is 0.0856. The number of carbonyl (C=O) groups is 3. The minimum Gasteiger partial charge on any atom is -0.445 e. The number of imidazole rings is 1. The molecule has 0 saturated carbocycles. The first kappa shape index (κ1) is 37.5. The lowest BCUT2D eigenvalue weighted by Crippen LogP contribution is -2.52. The van der Waals surface area contributed by atoms with Crippen molar-refractivity contribution in [3.05, 3.63) is 132 Å². The number of H-pyrrole nitrogens is 1. The van der Waals surface area contributed by atoms with Crippen molar-refractivity contribution in [2.24, 2.45) is 11.7 Å². The molecule has 0 aliphatic rings. The number of hydrogen-bond donors (Lipinski definition) is 5. The minimum absolute atomic E-state index is 0.0507. The predicted molar refractivity (Wildman–Crippen MR) is 199 cm³/mol. The summed E-state index contributed by atoms with van der Waals surface area (Å²) in [5, 5.41) is 17.3. The van der Waals surface area contributed by atoms with Crippen LogP contribution in [0.4, 0.5) is 9.59 Å². The Kier molecular flexibility index (Phi) is 13.3. The summed E-state index contributed by atoms with van der Waals surface area (Å²) < 4.78 is 5.45. The molecule has 6 N–H and O–H groups in total. The zero-order chi connectivity index (χ0) is 36.9. The fourth-order valence-corrected chi connectivity index (χ4v) is 6.39. The molecule has 0 radical (unpaired) electrons. The van der Waals surface area contributed by atoms with Gasteiger partial charge in [0.15, 0.2) is 0 Å². The van der Waals surface area contributed by atoms with Crippen LogP contribution in [0.15, 0.2) is 109 Å². The number of amides is 4. The second kappa shape index (κ2) is 18.5. The van der Waals surface area contributed by atoms with Crippen LogP contribution in [0.1, 0.15) is 54.6 Å². The van der Waals surface area contributed by atoms with Gasteiger partial charge >= 0.3 is 12.1 Å². The number of benzene rings is 3. The average Bonchev–Trinajstić information content (AvgIpc) is 3.57. The zero-order valence-corrected chi connectivity index (χ0v) is 29.5. The largest absolute Gasteiger partial charge is 0.445 e. The Morgan fingerprint density at radius 2 is 1.60 bits per heavy atom. The number of aliphatic hydroxyl groups is 1. The number of nitrogens with one attached hydrogen (secondary N) is 3. The Labute approximate surface area is 303 Å². The minimum atomic E-state index is -0.941. The SMILES string of the molecule is C[C@@H](C[C@H](CCC(O)C(Cc1ccccc1)NC(=O)OCc1cccnc1)c1ccccc1)[C@H](NC(=O)N(C)Cc1nc2ccccc2[nH]1)C(N)=O. The van der Waals surface area contributed by atoms with Crippen molar-refractivity contribution in [3.63, 3.8) is 0 Å². The number of aromatic nitrogens is 3. The first-order valence-corrected chi connectivity index (χ1v) is 17.5. The first-order valence-electron chi connectivity index (χ1n) is 17.5. The van der Waals surface area contributed by atoms with Gasteiger partial charge in [-0.15, -0.1) is 0 Å². The monoisotopic (exact) mass is 705 g/mol. The Bertz CT molecular complexity index is 1840. The molecule has 4 amide bonds. The van der Waals surface area contributed by atoms with Crippen LogP contribution in [0.5, 0.6) is 0 Å². The molecular formula is C40H47N7O5. The number of urea groups is 1. The molecule has 2 heterocycles.